The lowest BCUT2D eigenvalue weighted by atomic mass is 9.68. The highest BCUT2D eigenvalue weighted by Gasteiger charge is 2.37. The highest BCUT2D eigenvalue weighted by molar-refractivity contribution is 5.35. The van der Waals surface area contributed by atoms with Gasteiger partial charge in [0.1, 0.15) is 12.4 Å². The first-order valence-corrected chi connectivity index (χ1v) is 7.74. The quantitative estimate of drug-likeness (QED) is 0.939. The van der Waals surface area contributed by atoms with Gasteiger partial charge in [-0.1, -0.05) is 44.9 Å². The van der Waals surface area contributed by atoms with Crippen LogP contribution in [0, 0.1) is 5.41 Å². The molecule has 0 spiro atoms. The number of nitrogens with zero attached hydrogens (tertiary/aromatic N) is 3. The van der Waals surface area contributed by atoms with Gasteiger partial charge in [0, 0.05) is 11.6 Å². The monoisotopic (exact) mass is 285 g/mol. The molecule has 1 aromatic carbocycles. The van der Waals surface area contributed by atoms with Crippen LogP contribution in [-0.2, 0) is 6.61 Å². The normalized spacial score (nSPS) is 21.4. The third kappa shape index (κ3) is 2.60. The van der Waals surface area contributed by atoms with Crippen molar-refractivity contribution in [1.82, 2.24) is 14.8 Å². The van der Waals surface area contributed by atoms with Gasteiger partial charge in [0.15, 0.2) is 5.82 Å². The smallest absolute Gasteiger partial charge is 0.163 e. The molecule has 1 unspecified atom stereocenters. The Balaban J connectivity index is 2.09. The zero-order valence-electron chi connectivity index (χ0n) is 12.8. The third-order valence-electron chi connectivity index (χ3n) is 4.73. The highest BCUT2D eigenvalue weighted by Crippen LogP contribution is 2.46. The van der Waals surface area contributed by atoms with E-state index in [1.165, 1.54) is 19.3 Å². The lowest BCUT2D eigenvalue weighted by Gasteiger charge is -2.38. The number of para-hydroxylation sites is 1. The first kappa shape index (κ1) is 14.3. The Morgan fingerprint density at radius 3 is 2.62 bits per heavy atom. The van der Waals surface area contributed by atoms with E-state index in [1.807, 2.05) is 34.9 Å². The lowest BCUT2D eigenvalue weighted by Crippen LogP contribution is -2.28. The van der Waals surface area contributed by atoms with Crippen molar-refractivity contribution < 1.29 is 5.11 Å². The van der Waals surface area contributed by atoms with E-state index in [-0.39, 0.29) is 12.0 Å². The van der Waals surface area contributed by atoms with Gasteiger partial charge in [0.05, 0.1) is 0 Å². The molecule has 1 fully saturated rings. The molecule has 1 aliphatic rings. The van der Waals surface area contributed by atoms with E-state index in [9.17, 15) is 5.11 Å². The summed E-state index contributed by atoms with van der Waals surface area (Å²) in [6.07, 6.45) is 4.89. The highest BCUT2D eigenvalue weighted by atomic mass is 16.3. The summed E-state index contributed by atoms with van der Waals surface area (Å²) < 4.78 is 2.04. The second kappa shape index (κ2) is 5.60. The zero-order chi connectivity index (χ0) is 14.9. The minimum absolute atomic E-state index is 0.0883. The van der Waals surface area contributed by atoms with Gasteiger partial charge in [-0.15, -0.1) is 10.2 Å². The van der Waals surface area contributed by atoms with Crippen molar-refractivity contribution in [3.05, 3.63) is 42.0 Å². The van der Waals surface area contributed by atoms with E-state index in [1.54, 1.807) is 0 Å². The third-order valence-corrected chi connectivity index (χ3v) is 4.73. The summed E-state index contributed by atoms with van der Waals surface area (Å²) in [6.45, 7) is 4.55. The molecule has 1 aliphatic carbocycles. The lowest BCUT2D eigenvalue weighted by molar-refractivity contribution is 0.190. The van der Waals surface area contributed by atoms with Gasteiger partial charge in [0.25, 0.3) is 0 Å². The maximum absolute atomic E-state index is 9.60. The van der Waals surface area contributed by atoms with Gasteiger partial charge < -0.3 is 5.11 Å². The molecule has 0 radical (unpaired) electrons. The number of hydrogen-bond donors (Lipinski definition) is 1. The molecular weight excluding hydrogens is 262 g/mol. The van der Waals surface area contributed by atoms with E-state index in [4.69, 9.17) is 0 Å². The topological polar surface area (TPSA) is 50.9 Å². The molecule has 112 valence electrons. The van der Waals surface area contributed by atoms with Crippen molar-refractivity contribution in [2.45, 2.75) is 52.1 Å². The second-order valence-corrected chi connectivity index (χ2v) is 6.59. The van der Waals surface area contributed by atoms with Crippen LogP contribution < -0.4 is 0 Å². The van der Waals surface area contributed by atoms with Crippen LogP contribution in [0.4, 0.5) is 0 Å². The van der Waals surface area contributed by atoms with E-state index < -0.39 is 0 Å². The molecule has 0 saturated heterocycles. The zero-order valence-corrected chi connectivity index (χ0v) is 12.8. The molecular formula is C17H23N3O. The molecule has 1 heterocycles. The molecule has 1 aromatic heterocycles. The van der Waals surface area contributed by atoms with Crippen LogP contribution >= 0.6 is 0 Å². The Labute approximate surface area is 125 Å². The molecule has 1 N–H and O–H groups in total. The fourth-order valence-electron chi connectivity index (χ4n) is 3.49. The van der Waals surface area contributed by atoms with Gasteiger partial charge in [-0.25, -0.2) is 0 Å². The van der Waals surface area contributed by atoms with E-state index in [2.05, 4.69) is 24.0 Å². The number of benzene rings is 1. The number of aliphatic hydroxyl groups excluding tert-OH is 1. The molecule has 0 bridgehead atoms. The van der Waals surface area contributed by atoms with Gasteiger partial charge in [0.2, 0.25) is 0 Å². The fourth-order valence-corrected chi connectivity index (χ4v) is 3.49. The van der Waals surface area contributed by atoms with Gasteiger partial charge >= 0.3 is 0 Å². The molecule has 3 rings (SSSR count). The fraction of sp³-hybridized carbons (Fsp3) is 0.529. The SMILES string of the molecule is CC1(C)CCCCC1c1nnc(CO)n1-c1ccccc1. The van der Waals surface area contributed by atoms with E-state index >= 15 is 0 Å². The van der Waals surface area contributed by atoms with Crippen molar-refractivity contribution in [3.63, 3.8) is 0 Å². The average molecular weight is 285 g/mol. The van der Waals surface area contributed by atoms with Gasteiger partial charge in [-0.3, -0.25) is 4.57 Å². The standard InChI is InChI=1S/C17H23N3O/c1-17(2)11-7-6-10-14(17)16-19-18-15(12-21)20(16)13-8-4-3-5-9-13/h3-5,8-9,14,21H,6-7,10-12H2,1-2H3. The summed E-state index contributed by atoms with van der Waals surface area (Å²) in [5.41, 5.74) is 1.26. The summed E-state index contributed by atoms with van der Waals surface area (Å²) in [7, 11) is 0. The van der Waals surface area contributed by atoms with Crippen LogP contribution in [0.2, 0.25) is 0 Å². The summed E-state index contributed by atoms with van der Waals surface area (Å²) in [4.78, 5) is 0. The molecule has 1 atom stereocenters. The maximum Gasteiger partial charge on any atom is 0.163 e. The van der Waals surface area contributed by atoms with Crippen LogP contribution in [0.5, 0.6) is 0 Å². The van der Waals surface area contributed by atoms with Crippen LogP contribution in [0.3, 0.4) is 0 Å². The summed E-state index contributed by atoms with van der Waals surface area (Å²) >= 11 is 0. The molecule has 4 nitrogen and oxygen atoms in total. The Bertz CT molecular complexity index is 604. The molecule has 1 saturated carbocycles. The molecule has 21 heavy (non-hydrogen) atoms. The van der Waals surface area contributed by atoms with Crippen molar-refractivity contribution >= 4 is 0 Å². The average Bonchev–Trinajstić information content (AvgIpc) is 2.91. The predicted molar refractivity (Wildman–Crippen MR) is 82.3 cm³/mol. The van der Waals surface area contributed by atoms with Gasteiger partial charge in [-0.2, -0.15) is 0 Å². The van der Waals surface area contributed by atoms with Crippen LogP contribution in [-0.4, -0.2) is 19.9 Å². The van der Waals surface area contributed by atoms with Crippen molar-refractivity contribution in [3.8, 4) is 5.69 Å². The Hall–Kier alpha value is -1.68. The molecule has 4 heteroatoms. The maximum atomic E-state index is 9.60. The van der Waals surface area contributed by atoms with Crippen molar-refractivity contribution in [2.75, 3.05) is 0 Å². The van der Waals surface area contributed by atoms with Crippen molar-refractivity contribution in [1.29, 1.82) is 0 Å². The van der Waals surface area contributed by atoms with Crippen LogP contribution in [0.25, 0.3) is 5.69 Å². The number of hydrogen-bond acceptors (Lipinski definition) is 3. The summed E-state index contributed by atoms with van der Waals surface area (Å²) in [5, 5.41) is 18.2. The van der Waals surface area contributed by atoms with Crippen LogP contribution in [0.1, 0.15) is 57.1 Å². The number of rotatable bonds is 3. The first-order chi connectivity index (χ1) is 10.1. The molecule has 0 aliphatic heterocycles. The Kier molecular flexibility index (Phi) is 3.81. The van der Waals surface area contributed by atoms with Gasteiger partial charge in [-0.05, 0) is 30.4 Å². The van der Waals surface area contributed by atoms with Crippen molar-refractivity contribution in [2.24, 2.45) is 5.41 Å². The molecule has 2 aromatic rings. The Morgan fingerprint density at radius 2 is 1.95 bits per heavy atom. The predicted octanol–water partition coefficient (Wildman–Crippen LogP) is 3.44. The van der Waals surface area contributed by atoms with E-state index in [0.717, 1.165) is 17.9 Å². The number of aliphatic hydroxyl groups is 1. The first-order valence-electron chi connectivity index (χ1n) is 7.74. The summed E-state index contributed by atoms with van der Waals surface area (Å²) in [6, 6.07) is 10.1. The minimum atomic E-state index is -0.0883. The summed E-state index contributed by atoms with van der Waals surface area (Å²) in [5.74, 6) is 2.01. The second-order valence-electron chi connectivity index (χ2n) is 6.59. The molecule has 0 amide bonds. The van der Waals surface area contributed by atoms with E-state index in [0.29, 0.717) is 11.7 Å². The van der Waals surface area contributed by atoms with Crippen LogP contribution in [0.15, 0.2) is 30.3 Å². The number of aromatic nitrogens is 3. The Morgan fingerprint density at radius 1 is 1.19 bits per heavy atom. The minimum Gasteiger partial charge on any atom is -0.388 e. The largest absolute Gasteiger partial charge is 0.388 e.